The van der Waals surface area contributed by atoms with Gasteiger partial charge in [-0.25, -0.2) is 0 Å². The smallest absolute Gasteiger partial charge is 0.227 e. The van der Waals surface area contributed by atoms with Crippen molar-refractivity contribution in [1.29, 1.82) is 0 Å². The van der Waals surface area contributed by atoms with Gasteiger partial charge in [0.15, 0.2) is 0 Å². The summed E-state index contributed by atoms with van der Waals surface area (Å²) < 4.78 is 0. The fourth-order valence-corrected chi connectivity index (χ4v) is 2.70. The van der Waals surface area contributed by atoms with Crippen molar-refractivity contribution >= 4 is 23.2 Å². The van der Waals surface area contributed by atoms with Crippen molar-refractivity contribution in [2.45, 2.75) is 51.9 Å². The minimum absolute atomic E-state index is 0.0245. The van der Waals surface area contributed by atoms with E-state index in [1.807, 2.05) is 31.2 Å². The molecule has 1 fully saturated rings. The summed E-state index contributed by atoms with van der Waals surface area (Å²) in [6.07, 6.45) is 6.91. The van der Waals surface area contributed by atoms with E-state index in [-0.39, 0.29) is 17.7 Å². The van der Waals surface area contributed by atoms with Crippen molar-refractivity contribution in [1.82, 2.24) is 0 Å². The van der Waals surface area contributed by atoms with Crippen molar-refractivity contribution in [3.63, 3.8) is 0 Å². The molecular weight excluding hydrogens is 264 g/mol. The zero-order valence-corrected chi connectivity index (χ0v) is 12.7. The number of nitrogens with one attached hydrogen (secondary N) is 2. The van der Waals surface area contributed by atoms with Crippen LogP contribution in [0.5, 0.6) is 0 Å². The van der Waals surface area contributed by atoms with Crippen LogP contribution < -0.4 is 10.6 Å². The minimum Gasteiger partial charge on any atom is -0.326 e. The molecule has 114 valence electrons. The first-order valence-electron chi connectivity index (χ1n) is 7.90. The van der Waals surface area contributed by atoms with E-state index in [1.54, 1.807) is 0 Å². The van der Waals surface area contributed by atoms with Crippen LogP contribution in [0.3, 0.4) is 0 Å². The van der Waals surface area contributed by atoms with Crippen LogP contribution in [0.1, 0.15) is 51.9 Å². The van der Waals surface area contributed by atoms with Gasteiger partial charge in [-0.15, -0.1) is 0 Å². The molecule has 1 aromatic rings. The number of hydrogen-bond acceptors (Lipinski definition) is 2. The third-order valence-electron chi connectivity index (χ3n) is 3.89. The molecule has 4 nitrogen and oxygen atoms in total. The Hall–Kier alpha value is -1.84. The van der Waals surface area contributed by atoms with Gasteiger partial charge < -0.3 is 10.6 Å². The Morgan fingerprint density at radius 3 is 2.14 bits per heavy atom. The molecule has 4 heteroatoms. The van der Waals surface area contributed by atoms with E-state index in [0.717, 1.165) is 43.5 Å². The highest BCUT2D eigenvalue weighted by Gasteiger charge is 2.20. The highest BCUT2D eigenvalue weighted by Crippen LogP contribution is 2.25. The Bertz CT molecular complexity index is 476. The van der Waals surface area contributed by atoms with E-state index in [0.29, 0.717) is 6.42 Å². The molecule has 0 unspecified atom stereocenters. The standard InChI is InChI=1S/C17H24N2O2/c1-2-6-16(20)18-14-9-11-15(12-10-14)19-17(21)13-7-4-3-5-8-13/h9-13H,2-8H2,1H3,(H,18,20)(H,19,21). The van der Waals surface area contributed by atoms with Crippen LogP contribution in [0.2, 0.25) is 0 Å². The Kier molecular flexibility index (Phi) is 5.78. The molecule has 0 heterocycles. The van der Waals surface area contributed by atoms with Crippen LogP contribution in [-0.2, 0) is 9.59 Å². The number of anilines is 2. The van der Waals surface area contributed by atoms with E-state index >= 15 is 0 Å². The van der Waals surface area contributed by atoms with Gasteiger partial charge in [-0.1, -0.05) is 26.2 Å². The Morgan fingerprint density at radius 2 is 1.57 bits per heavy atom. The fourth-order valence-electron chi connectivity index (χ4n) is 2.70. The average Bonchev–Trinajstić information content (AvgIpc) is 2.50. The summed E-state index contributed by atoms with van der Waals surface area (Å²) in [7, 11) is 0. The van der Waals surface area contributed by atoms with E-state index < -0.39 is 0 Å². The molecule has 2 N–H and O–H groups in total. The number of amides is 2. The lowest BCUT2D eigenvalue weighted by molar-refractivity contribution is -0.120. The molecule has 0 spiro atoms. The molecule has 0 aliphatic heterocycles. The molecule has 2 amide bonds. The van der Waals surface area contributed by atoms with Crippen molar-refractivity contribution in [2.24, 2.45) is 5.92 Å². The molecule has 0 aromatic heterocycles. The van der Waals surface area contributed by atoms with Crippen molar-refractivity contribution in [3.8, 4) is 0 Å². The van der Waals surface area contributed by atoms with Gasteiger partial charge in [0.2, 0.25) is 11.8 Å². The maximum absolute atomic E-state index is 12.1. The van der Waals surface area contributed by atoms with E-state index in [9.17, 15) is 9.59 Å². The van der Waals surface area contributed by atoms with Crippen LogP contribution in [-0.4, -0.2) is 11.8 Å². The molecule has 0 bridgehead atoms. The topological polar surface area (TPSA) is 58.2 Å². The third-order valence-corrected chi connectivity index (χ3v) is 3.89. The predicted octanol–water partition coefficient (Wildman–Crippen LogP) is 3.94. The minimum atomic E-state index is 0.0245. The number of carbonyl (C=O) groups is 2. The van der Waals surface area contributed by atoms with Crippen LogP contribution in [0.15, 0.2) is 24.3 Å². The molecule has 1 saturated carbocycles. The number of rotatable bonds is 5. The predicted molar refractivity (Wildman–Crippen MR) is 85.2 cm³/mol. The Morgan fingerprint density at radius 1 is 1.00 bits per heavy atom. The lowest BCUT2D eigenvalue weighted by atomic mass is 9.88. The van der Waals surface area contributed by atoms with Crippen molar-refractivity contribution < 1.29 is 9.59 Å². The Balaban J connectivity index is 1.86. The maximum Gasteiger partial charge on any atom is 0.227 e. The van der Waals surface area contributed by atoms with E-state index in [4.69, 9.17) is 0 Å². The molecule has 1 aromatic carbocycles. The number of benzene rings is 1. The van der Waals surface area contributed by atoms with Crippen LogP contribution in [0, 0.1) is 5.92 Å². The normalized spacial score (nSPS) is 15.5. The van der Waals surface area contributed by atoms with Crippen LogP contribution in [0.4, 0.5) is 11.4 Å². The largest absolute Gasteiger partial charge is 0.326 e. The molecule has 2 rings (SSSR count). The SMILES string of the molecule is CCCC(=O)Nc1ccc(NC(=O)C2CCCCC2)cc1. The average molecular weight is 288 g/mol. The van der Waals surface area contributed by atoms with E-state index in [1.165, 1.54) is 6.42 Å². The first-order valence-corrected chi connectivity index (χ1v) is 7.90. The quantitative estimate of drug-likeness (QED) is 0.862. The summed E-state index contributed by atoms with van der Waals surface area (Å²) in [4.78, 5) is 23.6. The zero-order valence-electron chi connectivity index (χ0n) is 12.7. The van der Waals surface area contributed by atoms with Gasteiger partial charge in [0, 0.05) is 23.7 Å². The van der Waals surface area contributed by atoms with Crippen LogP contribution in [0.25, 0.3) is 0 Å². The van der Waals surface area contributed by atoms with E-state index in [2.05, 4.69) is 10.6 Å². The molecule has 1 aliphatic rings. The van der Waals surface area contributed by atoms with Gasteiger partial charge in [-0.3, -0.25) is 9.59 Å². The second-order valence-corrected chi connectivity index (χ2v) is 5.70. The first-order chi connectivity index (χ1) is 10.2. The van der Waals surface area contributed by atoms with Crippen LogP contribution >= 0.6 is 0 Å². The summed E-state index contributed by atoms with van der Waals surface area (Å²) in [6, 6.07) is 7.32. The molecule has 0 radical (unpaired) electrons. The summed E-state index contributed by atoms with van der Waals surface area (Å²) in [6.45, 7) is 1.98. The first kappa shape index (κ1) is 15.5. The highest BCUT2D eigenvalue weighted by molar-refractivity contribution is 5.94. The van der Waals surface area contributed by atoms with Crippen molar-refractivity contribution in [2.75, 3.05) is 10.6 Å². The highest BCUT2D eigenvalue weighted by atomic mass is 16.2. The number of carbonyl (C=O) groups excluding carboxylic acids is 2. The van der Waals surface area contributed by atoms with Crippen molar-refractivity contribution in [3.05, 3.63) is 24.3 Å². The fraction of sp³-hybridized carbons (Fsp3) is 0.529. The lowest BCUT2D eigenvalue weighted by Gasteiger charge is -2.20. The van der Waals surface area contributed by atoms with Gasteiger partial charge in [0.05, 0.1) is 0 Å². The summed E-state index contributed by atoms with van der Waals surface area (Å²) >= 11 is 0. The molecule has 1 aliphatic carbocycles. The zero-order chi connectivity index (χ0) is 15.1. The third kappa shape index (κ3) is 4.88. The maximum atomic E-state index is 12.1. The summed E-state index contributed by atoms with van der Waals surface area (Å²) in [5, 5.41) is 5.80. The summed E-state index contributed by atoms with van der Waals surface area (Å²) in [5.41, 5.74) is 1.56. The molecule has 0 saturated heterocycles. The van der Waals surface area contributed by atoms with Gasteiger partial charge in [-0.05, 0) is 43.5 Å². The molecule has 0 atom stereocenters. The second-order valence-electron chi connectivity index (χ2n) is 5.70. The lowest BCUT2D eigenvalue weighted by Crippen LogP contribution is -2.24. The van der Waals surface area contributed by atoms with Gasteiger partial charge in [0.1, 0.15) is 0 Å². The Labute approximate surface area is 126 Å². The molecular formula is C17H24N2O2. The second kappa shape index (κ2) is 7.81. The van der Waals surface area contributed by atoms with Gasteiger partial charge in [-0.2, -0.15) is 0 Å². The molecule has 21 heavy (non-hydrogen) atoms. The number of hydrogen-bond donors (Lipinski definition) is 2. The summed E-state index contributed by atoms with van der Waals surface area (Å²) in [5.74, 6) is 0.302. The monoisotopic (exact) mass is 288 g/mol. The van der Waals surface area contributed by atoms with Gasteiger partial charge >= 0.3 is 0 Å². The van der Waals surface area contributed by atoms with Gasteiger partial charge in [0.25, 0.3) is 0 Å².